The molecule has 9 heteroatoms. The first kappa shape index (κ1) is 27.0. The van der Waals surface area contributed by atoms with E-state index in [1.165, 1.54) is 0 Å². The molecule has 6 atom stereocenters. The van der Waals surface area contributed by atoms with Crippen molar-refractivity contribution >= 4 is 46.8 Å². The molecule has 38 heavy (non-hydrogen) atoms. The summed E-state index contributed by atoms with van der Waals surface area (Å²) in [5, 5.41) is 16.9. The van der Waals surface area contributed by atoms with Gasteiger partial charge in [-0.3, -0.25) is 14.4 Å². The van der Waals surface area contributed by atoms with Crippen LogP contribution in [0.25, 0.3) is 0 Å². The lowest BCUT2D eigenvalue weighted by Gasteiger charge is -2.37. The number of aliphatic hydroxyl groups is 1. The summed E-state index contributed by atoms with van der Waals surface area (Å²) in [5.41, 5.74) is 1.58. The number of hydrogen-bond donors (Lipinski definition) is 3. The van der Waals surface area contributed by atoms with Crippen molar-refractivity contribution in [2.75, 3.05) is 11.9 Å². The van der Waals surface area contributed by atoms with Crippen LogP contribution >= 0.6 is 23.4 Å². The summed E-state index contributed by atoms with van der Waals surface area (Å²) in [7, 11) is 0. The Morgan fingerprint density at radius 2 is 1.84 bits per heavy atom. The highest BCUT2D eigenvalue weighted by Crippen LogP contribution is 2.66. The zero-order valence-electron chi connectivity index (χ0n) is 21.6. The van der Waals surface area contributed by atoms with E-state index < -0.39 is 28.7 Å². The molecule has 5 rings (SSSR count). The second-order valence-electron chi connectivity index (χ2n) is 11.0. The van der Waals surface area contributed by atoms with Gasteiger partial charge in [-0.25, -0.2) is 0 Å². The molecule has 3 heterocycles. The van der Waals surface area contributed by atoms with Gasteiger partial charge in [0.1, 0.15) is 6.04 Å². The summed E-state index contributed by atoms with van der Waals surface area (Å²) in [4.78, 5) is 43.3. The number of thioether (sulfide) groups is 1. The number of amides is 3. The molecule has 2 aromatic carbocycles. The van der Waals surface area contributed by atoms with Crippen LogP contribution in [0.15, 0.2) is 54.6 Å². The predicted octanol–water partition coefficient (Wildman–Crippen LogP) is 4.09. The number of hydrogen-bond acceptors (Lipinski definition) is 5. The fourth-order valence-electron chi connectivity index (χ4n) is 6.55. The summed E-state index contributed by atoms with van der Waals surface area (Å²) >= 11 is 7.65. The lowest BCUT2D eigenvalue weighted by Crippen LogP contribution is -2.55. The number of fused-ring (bicyclic) bond motifs is 1. The van der Waals surface area contributed by atoms with Gasteiger partial charge in [0, 0.05) is 22.5 Å². The minimum Gasteiger partial charge on any atom is -0.394 e. The largest absolute Gasteiger partial charge is 0.394 e. The van der Waals surface area contributed by atoms with Gasteiger partial charge in [-0.1, -0.05) is 55.8 Å². The average molecular weight is 556 g/mol. The highest BCUT2D eigenvalue weighted by atomic mass is 35.5. The van der Waals surface area contributed by atoms with E-state index in [1.54, 1.807) is 40.9 Å². The number of likely N-dealkylation sites (tertiary alicyclic amines) is 1. The van der Waals surface area contributed by atoms with Crippen LogP contribution in [0.2, 0.25) is 5.02 Å². The molecule has 3 saturated heterocycles. The van der Waals surface area contributed by atoms with E-state index in [2.05, 4.69) is 10.6 Å². The smallest absolute Gasteiger partial charge is 0.248 e. The van der Waals surface area contributed by atoms with Crippen LogP contribution in [0.5, 0.6) is 0 Å². The van der Waals surface area contributed by atoms with Gasteiger partial charge in [0.2, 0.25) is 17.7 Å². The number of halogens is 1. The molecule has 3 aliphatic heterocycles. The van der Waals surface area contributed by atoms with Crippen LogP contribution in [0, 0.1) is 17.8 Å². The minimum absolute atomic E-state index is 0.0228. The van der Waals surface area contributed by atoms with Crippen molar-refractivity contribution in [2.45, 2.75) is 61.7 Å². The first-order valence-electron chi connectivity index (χ1n) is 13.2. The Balaban J connectivity index is 1.46. The molecule has 7 nitrogen and oxygen atoms in total. The molecule has 0 saturated carbocycles. The third-order valence-electron chi connectivity index (χ3n) is 8.06. The molecule has 2 unspecified atom stereocenters. The standard InChI is InChI=1S/C29H34ClN3O4S/c1-17(2)14-21(16-34)33-25(27(36)32-20-10-8-19(30)9-11-20)29-13-12-22(38-29)23(24(29)28(33)37)26(35)31-15-18-6-4-3-5-7-18/h3-11,17,21-25,34H,12-16H2,1-2H3,(H,31,35)(H,32,36)/t21-,22-,23+,24+,25?,29?/m1/s1. The molecular formula is C29H34ClN3O4S. The molecule has 3 fully saturated rings. The van der Waals surface area contributed by atoms with Crippen molar-refractivity contribution in [3.8, 4) is 0 Å². The van der Waals surface area contributed by atoms with Crippen LogP contribution in [-0.2, 0) is 20.9 Å². The van der Waals surface area contributed by atoms with Gasteiger partial charge in [-0.15, -0.1) is 11.8 Å². The van der Waals surface area contributed by atoms with Gasteiger partial charge >= 0.3 is 0 Å². The number of nitrogens with zero attached hydrogens (tertiary/aromatic N) is 1. The molecule has 2 aromatic rings. The normalized spacial score (nSPS) is 28.4. The summed E-state index contributed by atoms with van der Waals surface area (Å²) in [6.45, 7) is 4.21. The van der Waals surface area contributed by atoms with Crippen molar-refractivity contribution in [1.29, 1.82) is 0 Å². The maximum atomic E-state index is 14.2. The van der Waals surface area contributed by atoms with Crippen LogP contribution in [0.4, 0.5) is 5.69 Å². The molecule has 3 N–H and O–H groups in total. The Bertz CT molecular complexity index is 1190. The van der Waals surface area contributed by atoms with Gasteiger partial charge in [0.15, 0.2) is 0 Å². The molecule has 3 aliphatic rings. The topological polar surface area (TPSA) is 98.7 Å². The SMILES string of the molecule is CC(C)C[C@H](CO)N1C(=O)[C@@H]2[C@@H](C(=O)NCc3ccccc3)[C@H]3CCC2(S3)C1C(=O)Nc1ccc(Cl)cc1. The Morgan fingerprint density at radius 3 is 2.50 bits per heavy atom. The van der Waals surface area contributed by atoms with E-state index in [4.69, 9.17) is 11.6 Å². The lowest BCUT2D eigenvalue weighted by molar-refractivity contribution is -0.142. The van der Waals surface area contributed by atoms with Gasteiger partial charge in [0.05, 0.1) is 29.2 Å². The molecular weight excluding hydrogens is 522 g/mol. The summed E-state index contributed by atoms with van der Waals surface area (Å²) in [5.74, 6) is -1.54. The number of carbonyl (C=O) groups is 3. The zero-order chi connectivity index (χ0) is 27.0. The van der Waals surface area contributed by atoms with Crippen LogP contribution in [0.3, 0.4) is 0 Å². The highest BCUT2D eigenvalue weighted by Gasteiger charge is 2.74. The highest BCUT2D eigenvalue weighted by molar-refractivity contribution is 8.02. The first-order valence-corrected chi connectivity index (χ1v) is 14.5. The molecule has 1 spiro atoms. The fourth-order valence-corrected chi connectivity index (χ4v) is 8.88. The third-order valence-corrected chi connectivity index (χ3v) is 10.3. The Kier molecular flexibility index (Phi) is 7.76. The van der Waals surface area contributed by atoms with Gasteiger partial charge in [-0.05, 0) is 55.0 Å². The monoisotopic (exact) mass is 555 g/mol. The molecule has 0 radical (unpaired) electrons. The van der Waals surface area contributed by atoms with E-state index in [-0.39, 0.29) is 35.5 Å². The van der Waals surface area contributed by atoms with E-state index in [0.29, 0.717) is 30.1 Å². The first-order chi connectivity index (χ1) is 18.2. The van der Waals surface area contributed by atoms with E-state index in [9.17, 15) is 19.5 Å². The summed E-state index contributed by atoms with van der Waals surface area (Å²) < 4.78 is -0.711. The quantitative estimate of drug-likeness (QED) is 0.433. The van der Waals surface area contributed by atoms with Crippen molar-refractivity contribution in [3.05, 3.63) is 65.2 Å². The maximum absolute atomic E-state index is 14.2. The van der Waals surface area contributed by atoms with Crippen molar-refractivity contribution < 1.29 is 19.5 Å². The van der Waals surface area contributed by atoms with Crippen molar-refractivity contribution in [2.24, 2.45) is 17.8 Å². The fraction of sp³-hybridized carbons (Fsp3) is 0.483. The maximum Gasteiger partial charge on any atom is 0.248 e. The number of anilines is 1. The second-order valence-corrected chi connectivity index (χ2v) is 13.0. The Morgan fingerprint density at radius 1 is 1.13 bits per heavy atom. The Labute approximate surface area is 232 Å². The number of benzene rings is 2. The van der Waals surface area contributed by atoms with Gasteiger partial charge in [-0.2, -0.15) is 0 Å². The van der Waals surface area contributed by atoms with E-state index >= 15 is 0 Å². The van der Waals surface area contributed by atoms with Crippen LogP contribution < -0.4 is 10.6 Å². The van der Waals surface area contributed by atoms with Crippen LogP contribution in [0.1, 0.15) is 38.7 Å². The molecule has 0 aliphatic carbocycles. The number of nitrogens with one attached hydrogen (secondary N) is 2. The molecule has 202 valence electrons. The van der Waals surface area contributed by atoms with Crippen molar-refractivity contribution in [1.82, 2.24) is 10.2 Å². The predicted molar refractivity (Wildman–Crippen MR) is 150 cm³/mol. The zero-order valence-corrected chi connectivity index (χ0v) is 23.2. The second kappa shape index (κ2) is 10.9. The Hall–Kier alpha value is -2.55. The van der Waals surface area contributed by atoms with E-state index in [0.717, 1.165) is 12.0 Å². The summed E-state index contributed by atoms with van der Waals surface area (Å²) in [6, 6.07) is 15.3. The number of aliphatic hydroxyl groups excluding tert-OH is 1. The number of rotatable bonds is 9. The average Bonchev–Trinajstić information content (AvgIpc) is 3.55. The summed E-state index contributed by atoms with van der Waals surface area (Å²) in [6.07, 6.45) is 2.01. The van der Waals surface area contributed by atoms with E-state index in [1.807, 2.05) is 44.2 Å². The molecule has 2 bridgehead atoms. The van der Waals surface area contributed by atoms with Gasteiger partial charge in [0.25, 0.3) is 0 Å². The number of carbonyl (C=O) groups excluding carboxylic acids is 3. The van der Waals surface area contributed by atoms with Gasteiger partial charge < -0.3 is 20.6 Å². The lowest BCUT2D eigenvalue weighted by atomic mass is 9.70. The molecule has 3 amide bonds. The molecule has 0 aromatic heterocycles. The minimum atomic E-state index is -0.784. The van der Waals surface area contributed by atoms with Crippen LogP contribution in [-0.4, -0.2) is 56.4 Å². The van der Waals surface area contributed by atoms with Crippen molar-refractivity contribution in [3.63, 3.8) is 0 Å². The third kappa shape index (κ3) is 4.82.